The van der Waals surface area contributed by atoms with Crippen molar-refractivity contribution in [1.29, 1.82) is 0 Å². The van der Waals surface area contributed by atoms with Gasteiger partial charge in [-0.05, 0) is 24.0 Å². The second-order valence-corrected chi connectivity index (χ2v) is 6.05. The van der Waals surface area contributed by atoms with Crippen LogP contribution in [0.5, 0.6) is 0 Å². The predicted molar refractivity (Wildman–Crippen MR) is 94.7 cm³/mol. The first-order valence-corrected chi connectivity index (χ1v) is 8.52. The van der Waals surface area contributed by atoms with Crippen LogP contribution >= 0.6 is 0 Å². The Morgan fingerprint density at radius 1 is 1.04 bits per heavy atom. The first-order valence-electron chi connectivity index (χ1n) is 8.52. The first-order chi connectivity index (χ1) is 12.3. The highest BCUT2D eigenvalue weighted by atomic mass is 16.6. The van der Waals surface area contributed by atoms with E-state index in [0.29, 0.717) is 19.5 Å². The number of hydrogen-bond donors (Lipinski definition) is 0. The summed E-state index contributed by atoms with van der Waals surface area (Å²) in [5, 5.41) is 3.39. The zero-order valence-corrected chi connectivity index (χ0v) is 14.1. The molecule has 3 rings (SSSR count). The van der Waals surface area contributed by atoms with Crippen LogP contribution < -0.4 is 0 Å². The van der Waals surface area contributed by atoms with Gasteiger partial charge in [0.2, 0.25) is 0 Å². The van der Waals surface area contributed by atoms with Crippen molar-refractivity contribution in [3.63, 3.8) is 0 Å². The van der Waals surface area contributed by atoms with Gasteiger partial charge in [0.05, 0.1) is 6.04 Å². The van der Waals surface area contributed by atoms with E-state index < -0.39 is 6.09 Å². The van der Waals surface area contributed by atoms with Crippen LogP contribution in [0.15, 0.2) is 60.7 Å². The molecule has 5 nitrogen and oxygen atoms in total. The molecule has 0 radical (unpaired) electrons. The van der Waals surface area contributed by atoms with Gasteiger partial charge >= 0.3 is 6.09 Å². The van der Waals surface area contributed by atoms with Crippen LogP contribution in [0.3, 0.4) is 0 Å². The maximum Gasteiger partial charge on any atom is 0.424 e. The molecule has 0 N–H and O–H groups in total. The molecule has 2 aromatic rings. The van der Waals surface area contributed by atoms with Crippen LogP contribution in [-0.2, 0) is 22.6 Å². The highest BCUT2D eigenvalue weighted by Crippen LogP contribution is 2.19. The summed E-state index contributed by atoms with van der Waals surface area (Å²) in [5.74, 6) is 0. The van der Waals surface area contributed by atoms with Crippen molar-refractivity contribution < 1.29 is 14.3 Å². The van der Waals surface area contributed by atoms with E-state index in [1.807, 2.05) is 65.7 Å². The van der Waals surface area contributed by atoms with Crippen molar-refractivity contribution in [2.24, 2.45) is 0 Å². The van der Waals surface area contributed by atoms with E-state index in [1.54, 1.807) is 5.01 Å². The minimum absolute atomic E-state index is 0.231. The topological polar surface area (TPSA) is 49.9 Å². The highest BCUT2D eigenvalue weighted by Gasteiger charge is 2.35. The average Bonchev–Trinajstić information content (AvgIpc) is 3.09. The molecule has 2 aromatic carbocycles. The maximum absolute atomic E-state index is 12.4. The molecule has 0 aromatic heterocycles. The fourth-order valence-corrected chi connectivity index (χ4v) is 3.01. The van der Waals surface area contributed by atoms with Crippen molar-refractivity contribution in [1.82, 2.24) is 10.0 Å². The monoisotopic (exact) mass is 338 g/mol. The van der Waals surface area contributed by atoms with Gasteiger partial charge in [-0.15, -0.1) is 0 Å². The van der Waals surface area contributed by atoms with Gasteiger partial charge in [0.25, 0.3) is 0 Å². The van der Waals surface area contributed by atoms with Crippen molar-refractivity contribution >= 4 is 12.4 Å². The van der Waals surface area contributed by atoms with E-state index in [1.165, 1.54) is 5.56 Å². The minimum Gasteiger partial charge on any atom is -0.444 e. The number of rotatable bonds is 6. The second kappa shape index (κ2) is 8.44. The number of carbonyl (C=O) groups excluding carboxylic acids is 2. The third-order valence-electron chi connectivity index (χ3n) is 4.37. The van der Waals surface area contributed by atoms with Gasteiger partial charge in [0.1, 0.15) is 12.9 Å². The van der Waals surface area contributed by atoms with Gasteiger partial charge in [0, 0.05) is 13.1 Å². The lowest BCUT2D eigenvalue weighted by molar-refractivity contribution is -0.114. The van der Waals surface area contributed by atoms with E-state index in [9.17, 15) is 9.59 Å². The maximum atomic E-state index is 12.4. The Morgan fingerprint density at radius 2 is 1.68 bits per heavy atom. The minimum atomic E-state index is -0.402. The number of hydrogen-bond acceptors (Lipinski definition) is 4. The third-order valence-corrected chi connectivity index (χ3v) is 4.37. The van der Waals surface area contributed by atoms with Crippen LogP contribution in [0.4, 0.5) is 4.79 Å². The quantitative estimate of drug-likeness (QED) is 0.760. The summed E-state index contributed by atoms with van der Waals surface area (Å²) in [5.41, 5.74) is 2.12. The van der Waals surface area contributed by atoms with E-state index >= 15 is 0 Å². The Kier molecular flexibility index (Phi) is 5.80. The summed E-state index contributed by atoms with van der Waals surface area (Å²) in [6.45, 7) is 1.34. The summed E-state index contributed by atoms with van der Waals surface area (Å²) in [7, 11) is 0. The van der Waals surface area contributed by atoms with Gasteiger partial charge in [-0.2, -0.15) is 0 Å². The molecule has 5 heteroatoms. The van der Waals surface area contributed by atoms with Crippen LogP contribution in [0.2, 0.25) is 0 Å². The van der Waals surface area contributed by atoms with E-state index in [2.05, 4.69) is 0 Å². The highest BCUT2D eigenvalue weighted by molar-refractivity contribution is 5.69. The van der Waals surface area contributed by atoms with Crippen molar-refractivity contribution in [3.05, 3.63) is 71.8 Å². The molecular formula is C20H22N2O3. The molecule has 1 atom stereocenters. The molecule has 1 amide bonds. The summed E-state index contributed by atoms with van der Waals surface area (Å²) in [4.78, 5) is 23.8. The van der Waals surface area contributed by atoms with Crippen molar-refractivity contribution in [2.45, 2.75) is 25.5 Å². The van der Waals surface area contributed by atoms with Gasteiger partial charge in [-0.25, -0.2) is 14.8 Å². The normalized spacial score (nSPS) is 17.4. The molecule has 0 bridgehead atoms. The van der Waals surface area contributed by atoms with Crippen LogP contribution in [0, 0.1) is 0 Å². The molecule has 1 heterocycles. The SMILES string of the molecule is O=CC1CCN(C(=O)OCc2ccccc2)N1CCc1ccccc1. The van der Waals surface area contributed by atoms with Crippen molar-refractivity contribution in [2.75, 3.05) is 13.1 Å². The first kappa shape index (κ1) is 17.2. The van der Waals surface area contributed by atoms with Gasteiger partial charge in [-0.1, -0.05) is 60.7 Å². The molecule has 25 heavy (non-hydrogen) atoms. The number of hydrazine groups is 1. The summed E-state index contributed by atoms with van der Waals surface area (Å²) >= 11 is 0. The molecular weight excluding hydrogens is 316 g/mol. The molecule has 1 unspecified atom stereocenters. The number of aldehydes is 1. The molecule has 0 aliphatic carbocycles. The van der Waals surface area contributed by atoms with E-state index in [0.717, 1.165) is 18.3 Å². The molecule has 1 aliphatic heterocycles. The molecule has 1 fully saturated rings. The second-order valence-electron chi connectivity index (χ2n) is 6.05. The number of benzene rings is 2. The molecule has 0 saturated carbocycles. The Bertz CT molecular complexity index is 691. The van der Waals surface area contributed by atoms with E-state index in [4.69, 9.17) is 4.74 Å². The lowest BCUT2D eigenvalue weighted by Crippen LogP contribution is -2.46. The zero-order chi connectivity index (χ0) is 17.5. The number of amides is 1. The Labute approximate surface area is 147 Å². The Morgan fingerprint density at radius 3 is 2.32 bits per heavy atom. The molecule has 1 saturated heterocycles. The molecule has 1 aliphatic rings. The molecule has 0 spiro atoms. The molecule has 130 valence electrons. The zero-order valence-electron chi connectivity index (χ0n) is 14.1. The number of nitrogens with zero attached hydrogens (tertiary/aromatic N) is 2. The average molecular weight is 338 g/mol. The lowest BCUT2D eigenvalue weighted by atomic mass is 10.1. The summed E-state index contributed by atoms with van der Waals surface area (Å²) in [6.07, 6.45) is 1.92. The standard InChI is InChI=1S/C20H22N2O3/c23-15-19-12-14-22(20(24)25-16-18-9-5-2-6-10-18)21(19)13-11-17-7-3-1-4-8-17/h1-10,15,19H,11-14,16H2. The lowest BCUT2D eigenvalue weighted by Gasteiger charge is -2.29. The fraction of sp³-hybridized carbons (Fsp3) is 0.300. The Balaban J connectivity index is 1.60. The number of carbonyl (C=O) groups is 2. The van der Waals surface area contributed by atoms with Crippen LogP contribution in [0.1, 0.15) is 17.5 Å². The van der Waals surface area contributed by atoms with E-state index in [-0.39, 0.29) is 12.6 Å². The van der Waals surface area contributed by atoms with Crippen LogP contribution in [-0.4, -0.2) is 41.5 Å². The predicted octanol–water partition coefficient (Wildman–Crippen LogP) is 3.06. The van der Waals surface area contributed by atoms with Crippen molar-refractivity contribution in [3.8, 4) is 0 Å². The Hall–Kier alpha value is -2.66. The summed E-state index contributed by atoms with van der Waals surface area (Å²) in [6, 6.07) is 19.3. The largest absolute Gasteiger partial charge is 0.444 e. The van der Waals surface area contributed by atoms with Gasteiger partial charge in [-0.3, -0.25) is 0 Å². The summed E-state index contributed by atoms with van der Waals surface area (Å²) < 4.78 is 5.42. The number of ether oxygens (including phenoxy) is 1. The van der Waals surface area contributed by atoms with Crippen LogP contribution in [0.25, 0.3) is 0 Å². The third kappa shape index (κ3) is 4.45. The van der Waals surface area contributed by atoms with Gasteiger partial charge in [0.15, 0.2) is 0 Å². The van der Waals surface area contributed by atoms with Gasteiger partial charge < -0.3 is 9.53 Å². The smallest absolute Gasteiger partial charge is 0.424 e. The fourth-order valence-electron chi connectivity index (χ4n) is 3.01.